The maximum Gasteiger partial charge on any atom is 0.348 e. The third-order valence-electron chi connectivity index (χ3n) is 6.84. The molecule has 8 nitrogen and oxygen atoms in total. The molecule has 2 heterocycles. The van der Waals surface area contributed by atoms with Gasteiger partial charge in [-0.05, 0) is 69.9 Å². The Hall–Kier alpha value is -3.18. The Balaban J connectivity index is 1.75. The molecule has 1 saturated carbocycles. The second-order valence-electron chi connectivity index (χ2n) is 10.8. The van der Waals surface area contributed by atoms with E-state index in [1.54, 1.807) is 6.07 Å². The topological polar surface area (TPSA) is 119 Å². The molecule has 1 atom stereocenters. The smallest absolute Gasteiger partial charge is 0.348 e. The number of hydrogen-bond acceptors (Lipinski definition) is 6. The normalized spacial score (nSPS) is 19.5. The molecule has 1 aliphatic heterocycles. The number of rotatable bonds is 5. The third-order valence-corrected chi connectivity index (χ3v) is 9.70. The number of anilines is 1. The van der Waals surface area contributed by atoms with Crippen molar-refractivity contribution in [2.24, 2.45) is 11.3 Å². The highest BCUT2D eigenvalue weighted by atomic mass is 32.2. The lowest BCUT2D eigenvalue weighted by Crippen LogP contribution is -2.60. The summed E-state index contributed by atoms with van der Waals surface area (Å²) in [5.41, 5.74) is 0.352. The van der Waals surface area contributed by atoms with Crippen LogP contribution < -0.4 is 4.90 Å². The van der Waals surface area contributed by atoms with Crippen molar-refractivity contribution in [1.82, 2.24) is 4.31 Å². The van der Waals surface area contributed by atoms with Crippen LogP contribution in [-0.4, -0.2) is 48.8 Å². The molecular weight excluding hydrogens is 522 g/mol. The highest BCUT2D eigenvalue weighted by Gasteiger charge is 2.44. The molecule has 1 amide bonds. The summed E-state index contributed by atoms with van der Waals surface area (Å²) in [6, 6.07) is 8.76. The number of aromatic carboxylic acids is 1. The van der Waals surface area contributed by atoms with Gasteiger partial charge in [0.2, 0.25) is 15.9 Å². The molecule has 0 radical (unpaired) electrons. The number of carbonyl (C=O) groups excluding carboxylic acids is 1. The lowest BCUT2D eigenvalue weighted by Gasteiger charge is -2.44. The summed E-state index contributed by atoms with van der Waals surface area (Å²) in [6.45, 7) is 5.55. The molecular formula is C28H31N3O5S2. The van der Waals surface area contributed by atoms with E-state index in [0.717, 1.165) is 43.4 Å². The zero-order valence-corrected chi connectivity index (χ0v) is 23.4. The zero-order chi connectivity index (χ0) is 27.7. The Morgan fingerprint density at radius 1 is 1.13 bits per heavy atom. The second kappa shape index (κ2) is 10.9. The molecule has 1 N–H and O–H groups in total. The van der Waals surface area contributed by atoms with E-state index < -0.39 is 34.5 Å². The van der Waals surface area contributed by atoms with Gasteiger partial charge in [-0.25, -0.2) is 13.2 Å². The number of sulfonamides is 1. The van der Waals surface area contributed by atoms with Crippen molar-refractivity contribution in [1.29, 1.82) is 5.26 Å². The van der Waals surface area contributed by atoms with E-state index in [1.807, 2.05) is 26.8 Å². The van der Waals surface area contributed by atoms with E-state index in [0.29, 0.717) is 10.4 Å². The Labute approximate surface area is 227 Å². The van der Waals surface area contributed by atoms with Crippen molar-refractivity contribution >= 4 is 38.9 Å². The minimum Gasteiger partial charge on any atom is -0.477 e. The predicted octanol–water partition coefficient (Wildman–Crippen LogP) is 4.70. The van der Waals surface area contributed by atoms with Crippen LogP contribution >= 0.6 is 11.3 Å². The van der Waals surface area contributed by atoms with Crippen LogP contribution in [0, 0.1) is 34.5 Å². The number of amides is 1. The fourth-order valence-corrected chi connectivity index (χ4v) is 7.27. The van der Waals surface area contributed by atoms with Gasteiger partial charge in [-0.2, -0.15) is 9.57 Å². The number of nitriles is 1. The lowest BCUT2D eigenvalue weighted by atomic mass is 9.82. The lowest BCUT2D eigenvalue weighted by molar-refractivity contribution is -0.121. The fraction of sp³-hybridized carbons (Fsp3) is 0.464. The molecule has 200 valence electrons. The summed E-state index contributed by atoms with van der Waals surface area (Å²) in [4.78, 5) is 28.0. The number of thiophene rings is 1. The maximum atomic E-state index is 13.7. The number of carbonyl (C=O) groups is 2. The highest BCUT2D eigenvalue weighted by molar-refractivity contribution is 7.89. The first-order chi connectivity index (χ1) is 17.9. The minimum absolute atomic E-state index is 0.0154. The average molecular weight is 554 g/mol. The van der Waals surface area contributed by atoms with Crippen LogP contribution in [0.4, 0.5) is 5.69 Å². The van der Waals surface area contributed by atoms with E-state index in [9.17, 15) is 23.1 Å². The monoisotopic (exact) mass is 553 g/mol. The molecule has 0 bridgehead atoms. The number of carboxylic acids is 1. The van der Waals surface area contributed by atoms with Gasteiger partial charge in [0.1, 0.15) is 4.88 Å². The number of carboxylic acid groups (broad SMARTS) is 1. The molecule has 0 spiro atoms. The van der Waals surface area contributed by atoms with Gasteiger partial charge in [-0.1, -0.05) is 31.1 Å². The summed E-state index contributed by atoms with van der Waals surface area (Å²) >= 11 is 1.03. The Kier molecular flexibility index (Phi) is 7.98. The van der Waals surface area contributed by atoms with Gasteiger partial charge in [0, 0.05) is 12.0 Å². The van der Waals surface area contributed by atoms with Crippen LogP contribution in [0.5, 0.6) is 0 Å². The molecule has 1 saturated heterocycles. The molecule has 1 aromatic carbocycles. The summed E-state index contributed by atoms with van der Waals surface area (Å²) in [5, 5.41) is 19.0. The van der Waals surface area contributed by atoms with Gasteiger partial charge in [-0.15, -0.1) is 11.3 Å². The van der Waals surface area contributed by atoms with Crippen molar-refractivity contribution in [3.05, 3.63) is 45.6 Å². The van der Waals surface area contributed by atoms with Gasteiger partial charge in [0.05, 0.1) is 39.7 Å². The van der Waals surface area contributed by atoms with Gasteiger partial charge in [0.25, 0.3) is 0 Å². The molecule has 38 heavy (non-hydrogen) atoms. The van der Waals surface area contributed by atoms with Crippen molar-refractivity contribution in [3.8, 4) is 17.9 Å². The van der Waals surface area contributed by atoms with Crippen LogP contribution in [0.3, 0.4) is 0 Å². The number of benzene rings is 1. The second-order valence-corrected chi connectivity index (χ2v) is 13.8. The third kappa shape index (κ3) is 5.94. The standard InChI is InChI=1S/C28H31N3O5S2/c1-28(2,3)14-13-21-15-23(26(37-21)27(33)34)31-24(20-7-5-4-6-8-20)17-30(18-25(31)32)38(35,36)22-11-9-19(16-29)10-12-22/h9-12,15,20,24H,4-8,17-18H2,1-3H3,(H,33,34)/t24-/m0/s1. The van der Waals surface area contributed by atoms with Gasteiger partial charge in [-0.3, -0.25) is 4.79 Å². The van der Waals surface area contributed by atoms with E-state index in [1.165, 1.54) is 33.5 Å². The molecule has 1 aliphatic carbocycles. The largest absolute Gasteiger partial charge is 0.477 e. The Morgan fingerprint density at radius 3 is 2.37 bits per heavy atom. The van der Waals surface area contributed by atoms with Gasteiger partial charge < -0.3 is 10.0 Å². The predicted molar refractivity (Wildman–Crippen MR) is 145 cm³/mol. The molecule has 2 fully saturated rings. The summed E-state index contributed by atoms with van der Waals surface area (Å²) in [6.07, 6.45) is 4.70. The zero-order valence-electron chi connectivity index (χ0n) is 21.7. The highest BCUT2D eigenvalue weighted by Crippen LogP contribution is 2.39. The van der Waals surface area contributed by atoms with Crippen LogP contribution in [0.15, 0.2) is 35.2 Å². The summed E-state index contributed by atoms with van der Waals surface area (Å²) < 4.78 is 28.2. The van der Waals surface area contributed by atoms with Crippen molar-refractivity contribution < 1.29 is 23.1 Å². The van der Waals surface area contributed by atoms with Crippen molar-refractivity contribution in [3.63, 3.8) is 0 Å². The molecule has 2 aliphatic rings. The van der Waals surface area contributed by atoms with Gasteiger partial charge >= 0.3 is 5.97 Å². The van der Waals surface area contributed by atoms with Crippen LogP contribution in [0.2, 0.25) is 0 Å². The minimum atomic E-state index is -4.00. The number of nitrogens with zero attached hydrogens (tertiary/aromatic N) is 3. The van der Waals surface area contributed by atoms with Crippen LogP contribution in [0.1, 0.15) is 73.0 Å². The average Bonchev–Trinajstić information content (AvgIpc) is 3.31. The van der Waals surface area contributed by atoms with Gasteiger partial charge in [0.15, 0.2) is 0 Å². The first-order valence-corrected chi connectivity index (χ1v) is 14.9. The number of piperazine rings is 1. The van der Waals surface area contributed by atoms with Crippen LogP contribution in [-0.2, 0) is 14.8 Å². The van der Waals surface area contributed by atoms with E-state index in [-0.39, 0.29) is 33.3 Å². The molecule has 4 rings (SSSR count). The van der Waals surface area contributed by atoms with E-state index in [2.05, 4.69) is 11.8 Å². The van der Waals surface area contributed by atoms with E-state index >= 15 is 0 Å². The Morgan fingerprint density at radius 2 is 1.79 bits per heavy atom. The fourth-order valence-electron chi connectivity index (χ4n) is 5.02. The van der Waals surface area contributed by atoms with Crippen molar-refractivity contribution in [2.75, 3.05) is 18.0 Å². The molecule has 0 unspecified atom stereocenters. The number of hydrogen-bond donors (Lipinski definition) is 1. The first kappa shape index (κ1) is 27.8. The quantitative estimate of drug-likeness (QED) is 0.536. The molecule has 1 aromatic heterocycles. The first-order valence-electron chi connectivity index (χ1n) is 12.6. The summed E-state index contributed by atoms with van der Waals surface area (Å²) in [7, 11) is -4.00. The molecule has 10 heteroatoms. The van der Waals surface area contributed by atoms with Crippen molar-refractivity contribution in [2.45, 2.75) is 63.8 Å². The van der Waals surface area contributed by atoms with E-state index in [4.69, 9.17) is 5.26 Å². The van der Waals surface area contributed by atoms with Crippen LogP contribution in [0.25, 0.3) is 0 Å². The maximum absolute atomic E-state index is 13.7. The Bertz CT molecular complexity index is 1430. The summed E-state index contributed by atoms with van der Waals surface area (Å²) in [5.74, 6) is 4.60. The molecule has 2 aromatic rings. The SMILES string of the molecule is CC(C)(C)C#Cc1cc(N2C(=O)CN(S(=O)(=O)c3ccc(C#N)cc3)C[C@H]2C2CCCCC2)c(C(=O)O)s1.